The Morgan fingerprint density at radius 2 is 2.05 bits per heavy atom. The van der Waals surface area contributed by atoms with E-state index in [0.29, 0.717) is 24.3 Å². The van der Waals surface area contributed by atoms with Crippen LogP contribution in [0.3, 0.4) is 0 Å². The van der Waals surface area contributed by atoms with Crippen molar-refractivity contribution in [3.8, 4) is 0 Å². The lowest BCUT2D eigenvalue weighted by atomic mass is 9.92. The highest BCUT2D eigenvalue weighted by atomic mass is 16.4. The second-order valence-electron chi connectivity index (χ2n) is 7.00. The maximum absolute atomic E-state index is 11.8. The lowest BCUT2D eigenvalue weighted by Gasteiger charge is -2.18. The number of hydrogen-bond donors (Lipinski definition) is 3. The maximum Gasteiger partial charge on any atom is 0.315 e. The minimum Gasteiger partial charge on any atom is -0.481 e. The van der Waals surface area contributed by atoms with E-state index in [2.05, 4.69) is 31.4 Å². The fourth-order valence-electron chi connectivity index (χ4n) is 3.07. The van der Waals surface area contributed by atoms with Gasteiger partial charge in [-0.1, -0.05) is 27.2 Å². The number of carbonyl (C=O) groups is 2. The van der Waals surface area contributed by atoms with Crippen LogP contribution in [0.5, 0.6) is 0 Å². The van der Waals surface area contributed by atoms with Gasteiger partial charge in [0.1, 0.15) is 0 Å². The summed E-state index contributed by atoms with van der Waals surface area (Å²) in [6.07, 6.45) is 5.94. The quantitative estimate of drug-likeness (QED) is 0.644. The molecule has 0 aromatic rings. The zero-order valence-electron chi connectivity index (χ0n) is 13.6. The highest BCUT2D eigenvalue weighted by Gasteiger charge is 2.31. The third-order valence-electron chi connectivity index (χ3n) is 4.49. The largest absolute Gasteiger partial charge is 0.481 e. The molecule has 1 fully saturated rings. The topological polar surface area (TPSA) is 78.4 Å². The second-order valence-corrected chi connectivity index (χ2v) is 7.00. The van der Waals surface area contributed by atoms with E-state index in [1.165, 1.54) is 0 Å². The van der Waals surface area contributed by atoms with E-state index >= 15 is 0 Å². The van der Waals surface area contributed by atoms with Gasteiger partial charge in [-0.25, -0.2) is 4.79 Å². The first-order chi connectivity index (χ1) is 9.82. The SMILES string of the molecule is CCC(CCNC(=O)NC1CCC(C)(C)C1)CCC(=O)O. The van der Waals surface area contributed by atoms with Crippen LogP contribution < -0.4 is 10.6 Å². The summed E-state index contributed by atoms with van der Waals surface area (Å²) in [4.78, 5) is 22.4. The molecule has 0 saturated heterocycles. The average molecular weight is 298 g/mol. The first-order valence-electron chi connectivity index (χ1n) is 8.08. The molecule has 0 spiro atoms. The van der Waals surface area contributed by atoms with Gasteiger partial charge >= 0.3 is 12.0 Å². The molecule has 5 heteroatoms. The van der Waals surface area contributed by atoms with Gasteiger partial charge in [-0.15, -0.1) is 0 Å². The molecule has 2 atom stereocenters. The number of urea groups is 1. The molecule has 21 heavy (non-hydrogen) atoms. The Morgan fingerprint density at radius 1 is 1.33 bits per heavy atom. The molecular formula is C16H30N2O3. The van der Waals surface area contributed by atoms with Crippen molar-refractivity contribution in [1.82, 2.24) is 10.6 Å². The number of carbonyl (C=O) groups excluding carboxylic acids is 1. The Bertz CT molecular complexity index is 355. The molecule has 3 N–H and O–H groups in total. The first-order valence-corrected chi connectivity index (χ1v) is 8.08. The van der Waals surface area contributed by atoms with Gasteiger partial charge in [-0.3, -0.25) is 4.79 Å². The summed E-state index contributed by atoms with van der Waals surface area (Å²) in [6, 6.07) is 0.194. The fraction of sp³-hybridized carbons (Fsp3) is 0.875. The summed E-state index contributed by atoms with van der Waals surface area (Å²) in [6.45, 7) is 7.15. The molecule has 122 valence electrons. The number of carboxylic acid groups (broad SMARTS) is 1. The number of hydrogen-bond acceptors (Lipinski definition) is 2. The third-order valence-corrected chi connectivity index (χ3v) is 4.49. The molecule has 0 heterocycles. The molecule has 1 rings (SSSR count). The summed E-state index contributed by atoms with van der Waals surface area (Å²) in [5, 5.41) is 14.6. The Hall–Kier alpha value is -1.26. The van der Waals surface area contributed by atoms with Gasteiger partial charge in [0.05, 0.1) is 0 Å². The Labute approximate surface area is 127 Å². The number of amides is 2. The molecular weight excluding hydrogens is 268 g/mol. The van der Waals surface area contributed by atoms with E-state index in [-0.39, 0.29) is 18.5 Å². The molecule has 1 aliphatic rings. The summed E-state index contributed by atoms with van der Waals surface area (Å²) in [5.74, 6) is -0.380. The van der Waals surface area contributed by atoms with Crippen LogP contribution in [-0.4, -0.2) is 29.7 Å². The molecule has 1 saturated carbocycles. The summed E-state index contributed by atoms with van der Waals surface area (Å²) in [7, 11) is 0. The zero-order chi connectivity index (χ0) is 15.9. The van der Waals surface area contributed by atoms with Crippen molar-refractivity contribution < 1.29 is 14.7 Å². The van der Waals surface area contributed by atoms with Crippen molar-refractivity contribution in [3.63, 3.8) is 0 Å². The van der Waals surface area contributed by atoms with Crippen molar-refractivity contribution in [2.24, 2.45) is 11.3 Å². The van der Waals surface area contributed by atoms with Crippen LogP contribution >= 0.6 is 0 Å². The molecule has 0 aromatic carbocycles. The molecule has 2 amide bonds. The van der Waals surface area contributed by atoms with E-state index in [1.807, 2.05) is 0 Å². The van der Waals surface area contributed by atoms with E-state index in [4.69, 9.17) is 5.11 Å². The highest BCUT2D eigenvalue weighted by Crippen LogP contribution is 2.36. The Kier molecular flexibility index (Phi) is 6.99. The smallest absolute Gasteiger partial charge is 0.315 e. The number of aliphatic carboxylic acids is 1. The van der Waals surface area contributed by atoms with E-state index in [1.54, 1.807) is 0 Å². The van der Waals surface area contributed by atoms with Crippen molar-refractivity contribution in [3.05, 3.63) is 0 Å². The van der Waals surface area contributed by atoms with E-state index in [0.717, 1.165) is 32.1 Å². The van der Waals surface area contributed by atoms with E-state index < -0.39 is 5.97 Å². The third kappa shape index (κ3) is 7.34. The minimum absolute atomic E-state index is 0.0919. The van der Waals surface area contributed by atoms with Gasteiger partial charge in [-0.2, -0.15) is 0 Å². The predicted molar refractivity (Wildman–Crippen MR) is 83.2 cm³/mol. The van der Waals surface area contributed by atoms with Crippen molar-refractivity contribution >= 4 is 12.0 Å². The molecule has 5 nitrogen and oxygen atoms in total. The normalized spacial score (nSPS) is 21.8. The van der Waals surface area contributed by atoms with Gasteiger partial charge in [0, 0.05) is 19.0 Å². The van der Waals surface area contributed by atoms with Crippen LogP contribution in [0.1, 0.15) is 65.7 Å². The van der Waals surface area contributed by atoms with Crippen molar-refractivity contribution in [2.45, 2.75) is 71.8 Å². The van der Waals surface area contributed by atoms with Gasteiger partial charge in [0.2, 0.25) is 0 Å². The second kappa shape index (κ2) is 8.25. The van der Waals surface area contributed by atoms with Crippen molar-refractivity contribution in [2.75, 3.05) is 6.54 Å². The fourth-order valence-corrected chi connectivity index (χ4v) is 3.07. The van der Waals surface area contributed by atoms with Crippen LogP contribution in [0.2, 0.25) is 0 Å². The van der Waals surface area contributed by atoms with Gasteiger partial charge < -0.3 is 15.7 Å². The van der Waals surface area contributed by atoms with Crippen LogP contribution in [0.4, 0.5) is 4.79 Å². The number of nitrogens with one attached hydrogen (secondary N) is 2. The number of rotatable bonds is 8. The average Bonchev–Trinajstić information content (AvgIpc) is 2.72. The van der Waals surface area contributed by atoms with Gasteiger partial charge in [-0.05, 0) is 43.4 Å². The van der Waals surface area contributed by atoms with Gasteiger partial charge in [0.15, 0.2) is 0 Å². The molecule has 0 aliphatic heterocycles. The molecule has 0 radical (unpaired) electrons. The Morgan fingerprint density at radius 3 is 2.57 bits per heavy atom. The zero-order valence-corrected chi connectivity index (χ0v) is 13.6. The summed E-state index contributed by atoms with van der Waals surface area (Å²) >= 11 is 0. The monoisotopic (exact) mass is 298 g/mol. The van der Waals surface area contributed by atoms with Crippen LogP contribution in [-0.2, 0) is 4.79 Å². The number of carboxylic acids is 1. The van der Waals surface area contributed by atoms with Crippen molar-refractivity contribution in [1.29, 1.82) is 0 Å². The first kappa shape index (κ1) is 17.8. The standard InChI is InChI=1S/C16H30N2O3/c1-4-12(5-6-14(19)20)8-10-17-15(21)18-13-7-9-16(2,3)11-13/h12-13H,4-11H2,1-3H3,(H,19,20)(H2,17,18,21). The molecule has 2 unspecified atom stereocenters. The maximum atomic E-state index is 11.8. The minimum atomic E-state index is -0.747. The molecule has 1 aliphatic carbocycles. The van der Waals surface area contributed by atoms with Crippen LogP contribution in [0, 0.1) is 11.3 Å². The van der Waals surface area contributed by atoms with Crippen LogP contribution in [0.25, 0.3) is 0 Å². The lowest BCUT2D eigenvalue weighted by molar-refractivity contribution is -0.137. The predicted octanol–water partition coefficient (Wildman–Crippen LogP) is 3.15. The van der Waals surface area contributed by atoms with Crippen LogP contribution in [0.15, 0.2) is 0 Å². The van der Waals surface area contributed by atoms with E-state index in [9.17, 15) is 9.59 Å². The lowest BCUT2D eigenvalue weighted by Crippen LogP contribution is -2.41. The summed E-state index contributed by atoms with van der Waals surface area (Å²) in [5.41, 5.74) is 0.335. The Balaban J connectivity index is 2.16. The molecule has 0 bridgehead atoms. The summed E-state index contributed by atoms with van der Waals surface area (Å²) < 4.78 is 0. The molecule has 0 aromatic heterocycles. The van der Waals surface area contributed by atoms with Gasteiger partial charge in [0.25, 0.3) is 0 Å². The highest BCUT2D eigenvalue weighted by molar-refractivity contribution is 5.74.